The second kappa shape index (κ2) is 8.85. The van der Waals surface area contributed by atoms with Gasteiger partial charge in [0, 0.05) is 4.47 Å². The first-order valence-corrected chi connectivity index (χ1v) is 8.91. The zero-order valence-corrected chi connectivity index (χ0v) is 16.0. The highest BCUT2D eigenvalue weighted by Gasteiger charge is 2.16. The molecule has 2 rings (SSSR count). The van der Waals surface area contributed by atoms with E-state index in [0.717, 1.165) is 5.56 Å². The summed E-state index contributed by atoms with van der Waals surface area (Å²) in [6.07, 6.45) is 0. The van der Waals surface area contributed by atoms with Gasteiger partial charge in [-0.25, -0.2) is 4.39 Å². The lowest BCUT2D eigenvalue weighted by molar-refractivity contribution is 0.0939. The summed E-state index contributed by atoms with van der Waals surface area (Å²) in [4.78, 5) is 12.4. The Morgan fingerprint density at radius 1 is 1.12 bits per heavy atom. The number of halogens is 2. The number of benzene rings is 2. The fourth-order valence-corrected chi connectivity index (χ4v) is 2.90. The molecule has 25 heavy (non-hydrogen) atoms. The first-order chi connectivity index (χ1) is 12.0. The molecule has 1 amide bonds. The molecule has 0 aliphatic rings. The predicted molar refractivity (Wildman–Crippen MR) is 98.8 cm³/mol. The average molecular weight is 410 g/mol. The summed E-state index contributed by atoms with van der Waals surface area (Å²) in [7, 11) is 0. The van der Waals surface area contributed by atoms with E-state index in [4.69, 9.17) is 9.47 Å². The fraction of sp³-hybridized carbons (Fsp3) is 0.316. The lowest BCUT2D eigenvalue weighted by Crippen LogP contribution is -2.27. The number of amides is 1. The summed E-state index contributed by atoms with van der Waals surface area (Å²) in [5.41, 5.74) is 1.27. The minimum atomic E-state index is -0.399. The molecule has 1 atom stereocenters. The second-order valence-electron chi connectivity index (χ2n) is 5.39. The number of carbonyl (C=O) groups excluding carboxylic acids is 1. The average Bonchev–Trinajstić information content (AvgIpc) is 2.56. The monoisotopic (exact) mass is 409 g/mol. The Bertz CT molecular complexity index is 751. The van der Waals surface area contributed by atoms with Gasteiger partial charge in [-0.05, 0) is 72.6 Å². The maximum atomic E-state index is 13.2. The van der Waals surface area contributed by atoms with Gasteiger partial charge in [0.2, 0.25) is 0 Å². The topological polar surface area (TPSA) is 47.6 Å². The molecule has 0 spiro atoms. The van der Waals surface area contributed by atoms with Gasteiger partial charge < -0.3 is 14.8 Å². The molecule has 1 N–H and O–H groups in total. The number of hydrogen-bond donors (Lipinski definition) is 1. The van der Waals surface area contributed by atoms with Crippen LogP contribution in [-0.2, 0) is 0 Å². The van der Waals surface area contributed by atoms with Crippen molar-refractivity contribution >= 4 is 21.8 Å². The third kappa shape index (κ3) is 4.95. The summed E-state index contributed by atoms with van der Waals surface area (Å²) >= 11 is 3.22. The molecule has 0 aliphatic heterocycles. The van der Waals surface area contributed by atoms with Crippen LogP contribution in [0.2, 0.25) is 0 Å². The van der Waals surface area contributed by atoms with E-state index in [1.54, 1.807) is 0 Å². The van der Waals surface area contributed by atoms with Crippen molar-refractivity contribution in [1.82, 2.24) is 5.32 Å². The van der Waals surface area contributed by atoms with Crippen LogP contribution in [0.5, 0.6) is 11.5 Å². The molecule has 0 radical (unpaired) electrons. The highest BCUT2D eigenvalue weighted by Crippen LogP contribution is 2.31. The molecule has 0 aromatic heterocycles. The van der Waals surface area contributed by atoms with Crippen LogP contribution in [0.15, 0.2) is 40.9 Å². The van der Waals surface area contributed by atoms with Gasteiger partial charge in [0.1, 0.15) is 5.82 Å². The molecule has 134 valence electrons. The standard InChI is InChI=1S/C19H21BrFNO3/c1-4-24-17-9-6-13(10-18(17)25-5-2)12(3)22-19(23)15-8-7-14(21)11-16(15)20/h6-12H,4-5H2,1-3H3,(H,22,23). The Morgan fingerprint density at radius 3 is 2.44 bits per heavy atom. The number of hydrogen-bond acceptors (Lipinski definition) is 3. The van der Waals surface area contributed by atoms with Gasteiger partial charge in [0.25, 0.3) is 5.91 Å². The van der Waals surface area contributed by atoms with E-state index >= 15 is 0 Å². The van der Waals surface area contributed by atoms with Gasteiger partial charge in [-0.15, -0.1) is 0 Å². The molecule has 1 unspecified atom stereocenters. The van der Waals surface area contributed by atoms with Crippen LogP contribution in [0.1, 0.15) is 42.7 Å². The van der Waals surface area contributed by atoms with Gasteiger partial charge in [0.05, 0.1) is 24.8 Å². The SMILES string of the molecule is CCOc1ccc(C(C)NC(=O)c2ccc(F)cc2Br)cc1OCC. The van der Waals surface area contributed by atoms with E-state index < -0.39 is 5.82 Å². The van der Waals surface area contributed by atoms with Crippen LogP contribution in [0.3, 0.4) is 0 Å². The molecule has 0 saturated carbocycles. The van der Waals surface area contributed by atoms with Gasteiger partial charge in [-0.1, -0.05) is 6.07 Å². The largest absolute Gasteiger partial charge is 0.490 e. The maximum absolute atomic E-state index is 13.2. The van der Waals surface area contributed by atoms with E-state index in [-0.39, 0.29) is 11.9 Å². The molecule has 0 saturated heterocycles. The van der Waals surface area contributed by atoms with Crippen LogP contribution < -0.4 is 14.8 Å². The smallest absolute Gasteiger partial charge is 0.252 e. The van der Waals surface area contributed by atoms with E-state index in [1.165, 1.54) is 18.2 Å². The fourth-order valence-electron chi connectivity index (χ4n) is 2.37. The van der Waals surface area contributed by atoms with E-state index in [9.17, 15) is 9.18 Å². The normalized spacial score (nSPS) is 11.7. The molecule has 0 fully saturated rings. The van der Waals surface area contributed by atoms with Gasteiger partial charge in [0.15, 0.2) is 11.5 Å². The zero-order valence-electron chi connectivity index (χ0n) is 14.4. The molecule has 4 nitrogen and oxygen atoms in total. The molecule has 2 aromatic carbocycles. The summed E-state index contributed by atoms with van der Waals surface area (Å²) in [6, 6.07) is 9.31. The van der Waals surface area contributed by atoms with E-state index in [1.807, 2.05) is 39.0 Å². The third-order valence-corrected chi connectivity index (χ3v) is 4.25. The van der Waals surface area contributed by atoms with Crippen molar-refractivity contribution in [3.8, 4) is 11.5 Å². The van der Waals surface area contributed by atoms with Crippen molar-refractivity contribution < 1.29 is 18.7 Å². The van der Waals surface area contributed by atoms with E-state index in [0.29, 0.717) is 34.7 Å². The van der Waals surface area contributed by atoms with Crippen LogP contribution in [0.4, 0.5) is 4.39 Å². The Kier molecular flexibility index (Phi) is 6.82. The lowest BCUT2D eigenvalue weighted by Gasteiger charge is -2.18. The Hall–Kier alpha value is -2.08. The van der Waals surface area contributed by atoms with Crippen molar-refractivity contribution in [1.29, 1.82) is 0 Å². The summed E-state index contributed by atoms with van der Waals surface area (Å²) in [6.45, 7) is 6.75. The maximum Gasteiger partial charge on any atom is 0.252 e. The minimum Gasteiger partial charge on any atom is -0.490 e. The van der Waals surface area contributed by atoms with E-state index in [2.05, 4.69) is 21.2 Å². The summed E-state index contributed by atoms with van der Waals surface area (Å²) in [5.74, 6) is 0.634. The molecule has 6 heteroatoms. The second-order valence-corrected chi connectivity index (χ2v) is 6.25. The predicted octanol–water partition coefficient (Wildman–Crippen LogP) is 4.88. The Labute approximate surface area is 155 Å². The number of rotatable bonds is 7. The molecular formula is C19H21BrFNO3. The number of carbonyl (C=O) groups is 1. The molecule has 0 aliphatic carbocycles. The van der Waals surface area contributed by atoms with Crippen molar-refractivity contribution in [2.24, 2.45) is 0 Å². The summed E-state index contributed by atoms with van der Waals surface area (Å²) in [5, 5.41) is 2.91. The third-order valence-electron chi connectivity index (χ3n) is 3.59. The summed E-state index contributed by atoms with van der Waals surface area (Å²) < 4.78 is 24.7. The minimum absolute atomic E-state index is 0.251. The first kappa shape index (κ1) is 19.2. The molecular weight excluding hydrogens is 389 g/mol. The lowest BCUT2D eigenvalue weighted by atomic mass is 10.1. The van der Waals surface area contributed by atoms with Gasteiger partial charge in [-0.2, -0.15) is 0 Å². The van der Waals surface area contributed by atoms with Crippen molar-refractivity contribution in [3.05, 3.63) is 57.8 Å². The van der Waals surface area contributed by atoms with Crippen LogP contribution >= 0.6 is 15.9 Å². The van der Waals surface area contributed by atoms with Crippen LogP contribution in [0.25, 0.3) is 0 Å². The highest BCUT2D eigenvalue weighted by atomic mass is 79.9. The number of nitrogens with one attached hydrogen (secondary N) is 1. The van der Waals surface area contributed by atoms with Gasteiger partial charge >= 0.3 is 0 Å². The van der Waals surface area contributed by atoms with Gasteiger partial charge in [-0.3, -0.25) is 4.79 Å². The van der Waals surface area contributed by atoms with Crippen LogP contribution in [-0.4, -0.2) is 19.1 Å². The van der Waals surface area contributed by atoms with Crippen LogP contribution in [0, 0.1) is 5.82 Å². The van der Waals surface area contributed by atoms with Crippen molar-refractivity contribution in [3.63, 3.8) is 0 Å². The molecule has 0 heterocycles. The quantitative estimate of drug-likeness (QED) is 0.708. The molecule has 2 aromatic rings. The zero-order chi connectivity index (χ0) is 18.4. The highest BCUT2D eigenvalue weighted by molar-refractivity contribution is 9.10. The first-order valence-electron chi connectivity index (χ1n) is 8.11. The molecule has 0 bridgehead atoms. The van der Waals surface area contributed by atoms with Crippen molar-refractivity contribution in [2.45, 2.75) is 26.8 Å². The van der Waals surface area contributed by atoms with Crippen molar-refractivity contribution in [2.75, 3.05) is 13.2 Å². The Balaban J connectivity index is 2.18. The number of ether oxygens (including phenoxy) is 2. The Morgan fingerprint density at radius 2 is 1.80 bits per heavy atom.